The molecule has 2 heteroatoms. The van der Waals surface area contributed by atoms with E-state index in [0.29, 0.717) is 24.3 Å². The predicted molar refractivity (Wildman–Crippen MR) is 63.3 cm³/mol. The summed E-state index contributed by atoms with van der Waals surface area (Å²) in [5.74, 6) is 0.897. The zero-order valence-corrected chi connectivity index (χ0v) is 9.65. The lowest BCUT2D eigenvalue weighted by atomic mass is 9.74. The highest BCUT2D eigenvalue weighted by Gasteiger charge is 2.37. The van der Waals surface area contributed by atoms with Crippen molar-refractivity contribution in [3.05, 3.63) is 35.4 Å². The molecule has 1 aliphatic carbocycles. The van der Waals surface area contributed by atoms with Crippen LogP contribution < -0.4 is 0 Å². The average molecular weight is 215 g/mol. The number of nitrogens with zero attached hydrogens (tertiary/aromatic N) is 1. The number of amides is 1. The van der Waals surface area contributed by atoms with Gasteiger partial charge in [0.05, 0.1) is 0 Å². The van der Waals surface area contributed by atoms with Crippen LogP contribution in [0, 0.1) is 0 Å². The van der Waals surface area contributed by atoms with Crippen molar-refractivity contribution in [1.29, 1.82) is 0 Å². The van der Waals surface area contributed by atoms with Gasteiger partial charge in [-0.05, 0) is 30.4 Å². The molecule has 2 nitrogen and oxygen atoms in total. The largest absolute Gasteiger partial charge is 0.342 e. The number of likely N-dealkylation sites (N-methyl/N-ethyl adjacent to an activating group) is 1. The molecule has 2 atom stereocenters. The number of aryl methyl sites for hydroxylation is 1. The fraction of sp³-hybridized carbons (Fsp3) is 0.500. The van der Waals surface area contributed by atoms with Gasteiger partial charge in [0, 0.05) is 25.4 Å². The van der Waals surface area contributed by atoms with E-state index in [1.54, 1.807) is 0 Å². The number of hydrogen-bond acceptors (Lipinski definition) is 1. The minimum Gasteiger partial charge on any atom is -0.342 e. The number of fused-ring (bicyclic) bond motifs is 3. The number of benzene rings is 1. The van der Waals surface area contributed by atoms with Crippen molar-refractivity contribution < 1.29 is 4.79 Å². The quantitative estimate of drug-likeness (QED) is 0.650. The standard InChI is InChI=1S/C14H17NO/c1-15-13-8-6-10-4-2-3-5-11(10)12(13)7-9-14(15)16/h2-5,12-13H,6-9H2,1H3/t12-,13-/m0/s1. The Morgan fingerprint density at radius 2 is 2.00 bits per heavy atom. The second-order valence-corrected chi connectivity index (χ2v) is 4.95. The third-order valence-electron chi connectivity index (χ3n) is 4.19. The van der Waals surface area contributed by atoms with E-state index in [4.69, 9.17) is 0 Å². The zero-order chi connectivity index (χ0) is 11.1. The first kappa shape index (κ1) is 9.88. The maximum atomic E-state index is 11.7. The monoisotopic (exact) mass is 215 g/mol. The highest BCUT2D eigenvalue weighted by atomic mass is 16.2. The summed E-state index contributed by atoms with van der Waals surface area (Å²) >= 11 is 0. The smallest absolute Gasteiger partial charge is 0.222 e. The molecule has 0 aromatic heterocycles. The summed E-state index contributed by atoms with van der Waals surface area (Å²) < 4.78 is 0. The molecule has 84 valence electrons. The van der Waals surface area contributed by atoms with E-state index < -0.39 is 0 Å². The zero-order valence-electron chi connectivity index (χ0n) is 9.65. The Hall–Kier alpha value is -1.31. The van der Waals surface area contributed by atoms with Crippen LogP contribution in [0.4, 0.5) is 0 Å². The van der Waals surface area contributed by atoms with E-state index in [0.717, 1.165) is 19.3 Å². The summed E-state index contributed by atoms with van der Waals surface area (Å²) in [6.45, 7) is 0. The molecule has 1 fully saturated rings. The van der Waals surface area contributed by atoms with Crippen LogP contribution in [0.2, 0.25) is 0 Å². The van der Waals surface area contributed by atoms with Gasteiger partial charge in [-0.3, -0.25) is 4.79 Å². The van der Waals surface area contributed by atoms with Gasteiger partial charge in [-0.2, -0.15) is 0 Å². The summed E-state index contributed by atoms with van der Waals surface area (Å²) in [7, 11) is 1.97. The van der Waals surface area contributed by atoms with Crippen molar-refractivity contribution in [2.45, 2.75) is 37.6 Å². The van der Waals surface area contributed by atoms with E-state index in [1.165, 1.54) is 11.1 Å². The third kappa shape index (κ3) is 1.36. The van der Waals surface area contributed by atoms with Crippen LogP contribution in [-0.2, 0) is 11.2 Å². The number of rotatable bonds is 0. The lowest BCUT2D eigenvalue weighted by Gasteiger charge is -2.43. The molecule has 0 saturated carbocycles. The first-order chi connectivity index (χ1) is 7.77. The van der Waals surface area contributed by atoms with Crippen molar-refractivity contribution in [1.82, 2.24) is 4.90 Å². The molecule has 0 radical (unpaired) electrons. The van der Waals surface area contributed by atoms with E-state index in [2.05, 4.69) is 24.3 Å². The van der Waals surface area contributed by atoms with Crippen LogP contribution in [0.15, 0.2) is 24.3 Å². The van der Waals surface area contributed by atoms with Crippen LogP contribution in [0.25, 0.3) is 0 Å². The second kappa shape index (κ2) is 3.62. The molecule has 1 aromatic carbocycles. The number of likely N-dealkylation sites (tertiary alicyclic amines) is 1. The molecule has 0 N–H and O–H groups in total. The van der Waals surface area contributed by atoms with Crippen molar-refractivity contribution in [2.75, 3.05) is 7.05 Å². The summed E-state index contributed by atoms with van der Waals surface area (Å²) in [4.78, 5) is 13.7. The molecule has 3 rings (SSSR count). The maximum Gasteiger partial charge on any atom is 0.222 e. The number of hydrogen-bond donors (Lipinski definition) is 0. The molecular formula is C14H17NO. The Balaban J connectivity index is 1.99. The topological polar surface area (TPSA) is 20.3 Å². The first-order valence-corrected chi connectivity index (χ1v) is 6.11. The minimum atomic E-state index is 0.320. The van der Waals surface area contributed by atoms with Crippen molar-refractivity contribution >= 4 is 5.91 Å². The number of carbonyl (C=O) groups excluding carboxylic acids is 1. The van der Waals surface area contributed by atoms with Crippen LogP contribution in [-0.4, -0.2) is 23.9 Å². The van der Waals surface area contributed by atoms with E-state index >= 15 is 0 Å². The number of carbonyl (C=O) groups is 1. The van der Waals surface area contributed by atoms with Crippen LogP contribution in [0.1, 0.15) is 36.3 Å². The van der Waals surface area contributed by atoms with Crippen molar-refractivity contribution in [3.8, 4) is 0 Å². The fourth-order valence-electron chi connectivity index (χ4n) is 3.29. The SMILES string of the molecule is CN1C(=O)CC[C@H]2c3ccccc3CC[C@@H]21. The Labute approximate surface area is 96.3 Å². The maximum absolute atomic E-state index is 11.7. The van der Waals surface area contributed by atoms with Crippen LogP contribution >= 0.6 is 0 Å². The molecule has 1 saturated heterocycles. The third-order valence-corrected chi connectivity index (χ3v) is 4.19. The summed E-state index contributed by atoms with van der Waals surface area (Å²) in [6, 6.07) is 9.17. The molecular weight excluding hydrogens is 198 g/mol. The first-order valence-electron chi connectivity index (χ1n) is 6.11. The molecule has 1 heterocycles. The Morgan fingerprint density at radius 3 is 2.88 bits per heavy atom. The highest BCUT2D eigenvalue weighted by Crippen LogP contribution is 2.40. The highest BCUT2D eigenvalue weighted by molar-refractivity contribution is 5.77. The van der Waals surface area contributed by atoms with Gasteiger partial charge in [0.1, 0.15) is 0 Å². The van der Waals surface area contributed by atoms with Gasteiger partial charge in [0.2, 0.25) is 5.91 Å². The molecule has 16 heavy (non-hydrogen) atoms. The Morgan fingerprint density at radius 1 is 1.19 bits per heavy atom. The van der Waals surface area contributed by atoms with Gasteiger partial charge in [0.15, 0.2) is 0 Å². The second-order valence-electron chi connectivity index (χ2n) is 4.95. The van der Waals surface area contributed by atoms with Gasteiger partial charge in [-0.25, -0.2) is 0 Å². The molecule has 1 amide bonds. The Kier molecular flexibility index (Phi) is 2.23. The lowest BCUT2D eigenvalue weighted by molar-refractivity contribution is -0.135. The van der Waals surface area contributed by atoms with E-state index in [-0.39, 0.29) is 0 Å². The van der Waals surface area contributed by atoms with Gasteiger partial charge >= 0.3 is 0 Å². The number of piperidine rings is 1. The predicted octanol–water partition coefficient (Wildman–Crippen LogP) is 2.34. The van der Waals surface area contributed by atoms with Gasteiger partial charge in [-0.1, -0.05) is 24.3 Å². The normalized spacial score (nSPS) is 28.6. The molecule has 1 aliphatic heterocycles. The lowest BCUT2D eigenvalue weighted by Crippen LogP contribution is -2.47. The summed E-state index contributed by atoms with van der Waals surface area (Å²) in [6.07, 6.45) is 4.00. The van der Waals surface area contributed by atoms with Gasteiger partial charge in [-0.15, -0.1) is 0 Å². The Bertz CT molecular complexity index is 426. The molecule has 1 aromatic rings. The molecule has 0 unspecified atom stereocenters. The van der Waals surface area contributed by atoms with Crippen molar-refractivity contribution in [3.63, 3.8) is 0 Å². The van der Waals surface area contributed by atoms with Crippen LogP contribution in [0.3, 0.4) is 0 Å². The minimum absolute atomic E-state index is 0.320. The molecule has 0 spiro atoms. The fourth-order valence-corrected chi connectivity index (χ4v) is 3.29. The molecule has 0 bridgehead atoms. The summed E-state index contributed by atoms with van der Waals surface area (Å²) in [5.41, 5.74) is 2.98. The average Bonchev–Trinajstić information content (AvgIpc) is 2.33. The van der Waals surface area contributed by atoms with E-state index in [9.17, 15) is 4.79 Å². The van der Waals surface area contributed by atoms with E-state index in [1.807, 2.05) is 11.9 Å². The molecule has 2 aliphatic rings. The van der Waals surface area contributed by atoms with Gasteiger partial charge < -0.3 is 4.90 Å². The van der Waals surface area contributed by atoms with Crippen molar-refractivity contribution in [2.24, 2.45) is 0 Å². The summed E-state index contributed by atoms with van der Waals surface area (Å²) in [5, 5.41) is 0. The van der Waals surface area contributed by atoms with Crippen LogP contribution in [0.5, 0.6) is 0 Å². The van der Waals surface area contributed by atoms with Gasteiger partial charge in [0.25, 0.3) is 0 Å².